The molecule has 18 heavy (non-hydrogen) atoms. The number of ether oxygens (including phenoxy) is 1. The van der Waals surface area contributed by atoms with Gasteiger partial charge in [-0.05, 0) is 36.4 Å². The molecule has 0 amide bonds. The van der Waals surface area contributed by atoms with E-state index in [2.05, 4.69) is 15.9 Å². The van der Waals surface area contributed by atoms with Crippen LogP contribution in [0.1, 0.15) is 5.56 Å². The summed E-state index contributed by atoms with van der Waals surface area (Å²) in [6.45, 7) is 0. The van der Waals surface area contributed by atoms with E-state index in [1.165, 1.54) is 12.1 Å². The zero-order chi connectivity index (χ0) is 13.1. The van der Waals surface area contributed by atoms with Crippen molar-refractivity contribution in [2.45, 2.75) is 5.33 Å². The Hall–Kier alpha value is -0.770. The Morgan fingerprint density at radius 3 is 2.33 bits per heavy atom. The average molecular weight is 350 g/mol. The fraction of sp³-hybridized carbons (Fsp3) is 0.0769. The fourth-order valence-corrected chi connectivity index (χ4v) is 2.41. The highest BCUT2D eigenvalue weighted by atomic mass is 79.9. The van der Waals surface area contributed by atoms with Gasteiger partial charge in [0.1, 0.15) is 17.3 Å². The molecule has 0 aliphatic carbocycles. The van der Waals surface area contributed by atoms with Crippen molar-refractivity contribution < 1.29 is 9.13 Å². The molecule has 0 aromatic heterocycles. The normalized spacial score (nSPS) is 10.4. The van der Waals surface area contributed by atoms with E-state index in [-0.39, 0.29) is 5.82 Å². The van der Waals surface area contributed by atoms with Gasteiger partial charge in [-0.15, -0.1) is 0 Å². The van der Waals surface area contributed by atoms with Crippen molar-refractivity contribution in [1.29, 1.82) is 0 Å². The van der Waals surface area contributed by atoms with Gasteiger partial charge in [0.2, 0.25) is 0 Å². The van der Waals surface area contributed by atoms with Crippen molar-refractivity contribution in [3.8, 4) is 11.5 Å². The summed E-state index contributed by atoms with van der Waals surface area (Å²) in [6, 6.07) is 9.24. The van der Waals surface area contributed by atoms with Gasteiger partial charge in [0.25, 0.3) is 0 Å². The predicted octanol–water partition coefficient (Wildman–Crippen LogP) is 5.82. The topological polar surface area (TPSA) is 9.23 Å². The van der Waals surface area contributed by atoms with E-state index < -0.39 is 0 Å². The van der Waals surface area contributed by atoms with Crippen LogP contribution in [-0.2, 0) is 5.33 Å². The SMILES string of the molecule is Fc1ccc(Oc2cc(Cl)cc(Cl)c2)c(CBr)c1. The van der Waals surface area contributed by atoms with Gasteiger partial charge in [0.15, 0.2) is 0 Å². The third-order valence-corrected chi connectivity index (χ3v) is 3.27. The van der Waals surface area contributed by atoms with Crippen molar-refractivity contribution in [2.24, 2.45) is 0 Å². The smallest absolute Gasteiger partial charge is 0.131 e. The summed E-state index contributed by atoms with van der Waals surface area (Å²) in [5.74, 6) is 0.772. The van der Waals surface area contributed by atoms with Gasteiger partial charge >= 0.3 is 0 Å². The molecule has 2 rings (SSSR count). The lowest BCUT2D eigenvalue weighted by molar-refractivity contribution is 0.476. The lowest BCUT2D eigenvalue weighted by atomic mass is 10.2. The standard InChI is InChI=1S/C13H8BrCl2FO/c14-7-8-3-11(17)1-2-13(8)18-12-5-9(15)4-10(16)6-12/h1-6H,7H2. The van der Waals surface area contributed by atoms with Crippen molar-refractivity contribution >= 4 is 39.1 Å². The molecule has 2 aromatic rings. The van der Waals surface area contributed by atoms with Crippen LogP contribution in [0.3, 0.4) is 0 Å². The first-order valence-electron chi connectivity index (χ1n) is 5.07. The molecule has 0 saturated heterocycles. The monoisotopic (exact) mass is 348 g/mol. The molecule has 0 aliphatic rings. The van der Waals surface area contributed by atoms with Crippen LogP contribution in [-0.4, -0.2) is 0 Å². The Balaban J connectivity index is 2.33. The van der Waals surface area contributed by atoms with Crippen LogP contribution in [0.2, 0.25) is 10.0 Å². The second-order valence-electron chi connectivity index (χ2n) is 3.59. The maximum atomic E-state index is 13.1. The van der Waals surface area contributed by atoms with Gasteiger partial charge in [-0.25, -0.2) is 4.39 Å². The van der Waals surface area contributed by atoms with E-state index in [0.29, 0.717) is 32.4 Å². The Morgan fingerprint density at radius 1 is 1.06 bits per heavy atom. The molecule has 0 radical (unpaired) electrons. The van der Waals surface area contributed by atoms with Crippen LogP contribution in [0.25, 0.3) is 0 Å². The Kier molecular flexibility index (Phi) is 4.49. The molecule has 0 bridgehead atoms. The van der Waals surface area contributed by atoms with Crippen LogP contribution < -0.4 is 4.74 Å². The van der Waals surface area contributed by atoms with Gasteiger partial charge in [-0.3, -0.25) is 0 Å². The molecule has 0 aliphatic heterocycles. The molecule has 2 aromatic carbocycles. The molecule has 0 N–H and O–H groups in total. The first-order chi connectivity index (χ1) is 8.58. The summed E-state index contributed by atoms with van der Waals surface area (Å²) in [6.07, 6.45) is 0. The van der Waals surface area contributed by atoms with E-state index >= 15 is 0 Å². The number of hydrogen-bond acceptors (Lipinski definition) is 1. The quantitative estimate of drug-likeness (QED) is 0.634. The zero-order valence-electron chi connectivity index (χ0n) is 9.09. The summed E-state index contributed by atoms with van der Waals surface area (Å²) in [4.78, 5) is 0. The van der Waals surface area contributed by atoms with Crippen LogP contribution >= 0.6 is 39.1 Å². The second-order valence-corrected chi connectivity index (χ2v) is 5.03. The fourth-order valence-electron chi connectivity index (χ4n) is 1.47. The molecule has 0 fully saturated rings. The summed E-state index contributed by atoms with van der Waals surface area (Å²) in [7, 11) is 0. The number of alkyl halides is 1. The highest BCUT2D eigenvalue weighted by molar-refractivity contribution is 9.08. The molecular weight excluding hydrogens is 342 g/mol. The van der Waals surface area contributed by atoms with Crippen molar-refractivity contribution in [3.05, 3.63) is 57.8 Å². The molecule has 0 saturated carbocycles. The minimum atomic E-state index is -0.305. The Morgan fingerprint density at radius 2 is 1.72 bits per heavy atom. The highest BCUT2D eigenvalue weighted by Crippen LogP contribution is 2.31. The largest absolute Gasteiger partial charge is 0.457 e. The van der Waals surface area contributed by atoms with Crippen LogP contribution in [0.15, 0.2) is 36.4 Å². The summed E-state index contributed by atoms with van der Waals surface area (Å²) >= 11 is 15.0. The minimum absolute atomic E-state index is 0.305. The van der Waals surface area contributed by atoms with Gasteiger partial charge in [0, 0.05) is 20.9 Å². The average Bonchev–Trinajstić information content (AvgIpc) is 2.30. The first-order valence-corrected chi connectivity index (χ1v) is 6.94. The maximum Gasteiger partial charge on any atom is 0.131 e. The molecule has 5 heteroatoms. The lowest BCUT2D eigenvalue weighted by Gasteiger charge is -2.10. The predicted molar refractivity (Wildman–Crippen MR) is 75.6 cm³/mol. The van der Waals surface area contributed by atoms with Crippen molar-refractivity contribution in [2.75, 3.05) is 0 Å². The van der Waals surface area contributed by atoms with E-state index in [4.69, 9.17) is 27.9 Å². The number of halogens is 4. The van der Waals surface area contributed by atoms with E-state index in [1.54, 1.807) is 24.3 Å². The Bertz CT molecular complexity index is 555. The van der Waals surface area contributed by atoms with Gasteiger partial charge in [-0.2, -0.15) is 0 Å². The summed E-state index contributed by atoms with van der Waals surface area (Å²) < 4.78 is 18.7. The second kappa shape index (κ2) is 5.91. The summed E-state index contributed by atoms with van der Waals surface area (Å²) in [5, 5.41) is 1.47. The molecular formula is C13H8BrCl2FO. The highest BCUT2D eigenvalue weighted by Gasteiger charge is 2.07. The molecule has 0 unspecified atom stereocenters. The molecule has 0 heterocycles. The summed E-state index contributed by atoms with van der Waals surface area (Å²) in [5.41, 5.74) is 0.714. The lowest BCUT2D eigenvalue weighted by Crippen LogP contribution is -1.91. The maximum absolute atomic E-state index is 13.1. The van der Waals surface area contributed by atoms with Crippen LogP contribution in [0.5, 0.6) is 11.5 Å². The van der Waals surface area contributed by atoms with Crippen molar-refractivity contribution in [1.82, 2.24) is 0 Å². The number of hydrogen-bond donors (Lipinski definition) is 0. The number of benzene rings is 2. The van der Waals surface area contributed by atoms with E-state index in [1.807, 2.05) is 0 Å². The Labute approximate surface area is 123 Å². The number of rotatable bonds is 3. The zero-order valence-corrected chi connectivity index (χ0v) is 12.2. The molecule has 1 nitrogen and oxygen atoms in total. The first kappa shape index (κ1) is 13.7. The van der Waals surface area contributed by atoms with E-state index in [9.17, 15) is 4.39 Å². The molecule has 94 valence electrons. The molecule has 0 spiro atoms. The van der Waals surface area contributed by atoms with Crippen LogP contribution in [0.4, 0.5) is 4.39 Å². The van der Waals surface area contributed by atoms with Crippen molar-refractivity contribution in [3.63, 3.8) is 0 Å². The van der Waals surface area contributed by atoms with Crippen LogP contribution in [0, 0.1) is 5.82 Å². The third kappa shape index (κ3) is 3.37. The van der Waals surface area contributed by atoms with Gasteiger partial charge < -0.3 is 4.74 Å². The minimum Gasteiger partial charge on any atom is -0.457 e. The molecule has 0 atom stereocenters. The van der Waals surface area contributed by atoms with E-state index in [0.717, 1.165) is 0 Å². The van der Waals surface area contributed by atoms with Gasteiger partial charge in [-0.1, -0.05) is 39.1 Å². The van der Waals surface area contributed by atoms with Gasteiger partial charge in [0.05, 0.1) is 0 Å². The third-order valence-electron chi connectivity index (χ3n) is 2.23.